The van der Waals surface area contributed by atoms with Gasteiger partial charge in [-0.2, -0.15) is 5.10 Å². The minimum atomic E-state index is 0.472. The Morgan fingerprint density at radius 2 is 1.74 bits per heavy atom. The summed E-state index contributed by atoms with van der Waals surface area (Å²) in [7, 11) is 0. The molecule has 0 saturated heterocycles. The van der Waals surface area contributed by atoms with Crippen LogP contribution in [0.4, 0.5) is 0 Å². The minimum absolute atomic E-state index is 0.472. The summed E-state index contributed by atoms with van der Waals surface area (Å²) < 4.78 is 1.82. The van der Waals surface area contributed by atoms with Gasteiger partial charge in [-0.15, -0.1) is 0 Å². The Bertz CT molecular complexity index is 689. The van der Waals surface area contributed by atoms with E-state index in [2.05, 4.69) is 16.1 Å². The predicted molar refractivity (Wildman–Crippen MR) is 80.0 cm³/mol. The van der Waals surface area contributed by atoms with E-state index in [0.29, 0.717) is 5.15 Å². The summed E-state index contributed by atoms with van der Waals surface area (Å²) in [5.41, 5.74) is 2.03. The lowest BCUT2D eigenvalue weighted by Gasteiger charge is -2.02. The van der Waals surface area contributed by atoms with E-state index >= 15 is 0 Å². The van der Waals surface area contributed by atoms with E-state index in [9.17, 15) is 0 Å². The van der Waals surface area contributed by atoms with Gasteiger partial charge in [0.05, 0.1) is 11.2 Å². The summed E-state index contributed by atoms with van der Waals surface area (Å²) in [6.45, 7) is 5.99. The molecule has 0 unspecified atom stereocenters. The monoisotopic (exact) mass is 273 g/mol. The number of aromatic nitrogens is 3. The molecule has 98 valence electrons. The number of pyridine rings is 1. The third-order valence-corrected chi connectivity index (χ3v) is 2.90. The first-order valence-corrected chi connectivity index (χ1v) is 6.71. The number of nitrogens with zero attached hydrogens (tertiary/aromatic N) is 3. The largest absolute Gasteiger partial charge is 0.217 e. The van der Waals surface area contributed by atoms with Crippen LogP contribution in [0.3, 0.4) is 0 Å². The molecule has 2 heterocycles. The molecule has 1 aromatic carbocycles. The Morgan fingerprint density at radius 3 is 2.47 bits per heavy atom. The number of para-hydroxylation sites is 1. The molecule has 0 atom stereocenters. The molecular weight excluding hydrogens is 258 g/mol. The molecule has 0 amide bonds. The highest BCUT2D eigenvalue weighted by Gasteiger charge is 2.08. The highest BCUT2D eigenvalue weighted by Crippen LogP contribution is 2.20. The molecule has 0 radical (unpaired) electrons. The number of halogens is 1. The molecule has 0 N–H and O–H groups in total. The fraction of sp³-hybridized carbons (Fsp3) is 0.200. The van der Waals surface area contributed by atoms with Crippen LogP contribution in [0.1, 0.15) is 19.5 Å². The highest BCUT2D eigenvalue weighted by molar-refractivity contribution is 6.29. The summed E-state index contributed by atoms with van der Waals surface area (Å²) in [6, 6.07) is 13.6. The van der Waals surface area contributed by atoms with Gasteiger partial charge in [0.15, 0.2) is 5.82 Å². The zero-order valence-electron chi connectivity index (χ0n) is 11.3. The number of hydrogen-bond acceptors (Lipinski definition) is 2. The van der Waals surface area contributed by atoms with Crippen molar-refractivity contribution >= 4 is 22.5 Å². The molecule has 0 aliphatic carbocycles. The van der Waals surface area contributed by atoms with Crippen molar-refractivity contribution < 1.29 is 0 Å². The molecule has 4 heteroatoms. The van der Waals surface area contributed by atoms with E-state index in [-0.39, 0.29) is 0 Å². The second-order valence-corrected chi connectivity index (χ2v) is 4.22. The first-order valence-electron chi connectivity index (χ1n) is 6.33. The van der Waals surface area contributed by atoms with Gasteiger partial charge in [-0.3, -0.25) is 0 Å². The molecule has 0 aliphatic rings. The van der Waals surface area contributed by atoms with E-state index in [1.807, 2.05) is 55.8 Å². The van der Waals surface area contributed by atoms with Crippen molar-refractivity contribution in [1.82, 2.24) is 14.8 Å². The highest BCUT2D eigenvalue weighted by atomic mass is 35.5. The standard InChI is InChI=1S/C13H10ClN3.C2H6/c1-9-10-5-2-3-6-11(10)17(16-9)13-8-4-7-12(14)15-13;1-2/h2-8H,1H3;1-2H3. The van der Waals surface area contributed by atoms with Crippen LogP contribution in [0, 0.1) is 6.92 Å². The molecule has 0 bridgehead atoms. The maximum absolute atomic E-state index is 5.90. The van der Waals surface area contributed by atoms with Crippen LogP contribution in [0.2, 0.25) is 5.15 Å². The Kier molecular flexibility index (Phi) is 4.17. The fourth-order valence-electron chi connectivity index (χ4n) is 1.91. The molecule has 3 aromatic rings. The van der Waals surface area contributed by atoms with Crippen molar-refractivity contribution in [2.75, 3.05) is 0 Å². The van der Waals surface area contributed by atoms with Gasteiger partial charge < -0.3 is 0 Å². The van der Waals surface area contributed by atoms with Gasteiger partial charge in [-0.25, -0.2) is 9.67 Å². The first kappa shape index (κ1) is 13.6. The predicted octanol–water partition coefficient (Wildman–Crippen LogP) is 4.41. The van der Waals surface area contributed by atoms with Crippen LogP contribution in [0.15, 0.2) is 42.5 Å². The number of aryl methyl sites for hydroxylation is 1. The Hall–Kier alpha value is -1.87. The summed E-state index contributed by atoms with van der Waals surface area (Å²) >= 11 is 5.90. The van der Waals surface area contributed by atoms with Crippen molar-refractivity contribution in [2.24, 2.45) is 0 Å². The average Bonchev–Trinajstić information content (AvgIpc) is 2.79. The van der Waals surface area contributed by atoms with Crippen LogP contribution in [-0.2, 0) is 0 Å². The molecule has 0 spiro atoms. The summed E-state index contributed by atoms with van der Waals surface area (Å²) in [4.78, 5) is 4.27. The second kappa shape index (κ2) is 5.85. The van der Waals surface area contributed by atoms with Gasteiger partial charge in [-0.1, -0.05) is 49.7 Å². The van der Waals surface area contributed by atoms with E-state index < -0.39 is 0 Å². The van der Waals surface area contributed by atoms with Crippen molar-refractivity contribution in [2.45, 2.75) is 20.8 Å². The van der Waals surface area contributed by atoms with Gasteiger partial charge in [0.2, 0.25) is 0 Å². The molecule has 3 rings (SSSR count). The minimum Gasteiger partial charge on any atom is -0.217 e. The Balaban J connectivity index is 0.000000637. The molecule has 19 heavy (non-hydrogen) atoms. The maximum Gasteiger partial charge on any atom is 0.155 e. The normalized spacial score (nSPS) is 10.1. The lowest BCUT2D eigenvalue weighted by atomic mass is 10.2. The number of fused-ring (bicyclic) bond motifs is 1. The smallest absolute Gasteiger partial charge is 0.155 e. The van der Waals surface area contributed by atoms with Crippen LogP contribution in [0.25, 0.3) is 16.7 Å². The second-order valence-electron chi connectivity index (χ2n) is 3.83. The molecule has 0 fully saturated rings. The van der Waals surface area contributed by atoms with Crippen molar-refractivity contribution in [3.05, 3.63) is 53.3 Å². The molecular formula is C15H16ClN3. The fourth-order valence-corrected chi connectivity index (χ4v) is 2.07. The Labute approximate surface area is 117 Å². The number of benzene rings is 1. The topological polar surface area (TPSA) is 30.7 Å². The molecule has 0 aliphatic heterocycles. The number of hydrogen-bond donors (Lipinski definition) is 0. The summed E-state index contributed by atoms with van der Waals surface area (Å²) in [5.74, 6) is 0.738. The summed E-state index contributed by atoms with van der Waals surface area (Å²) in [5, 5.41) is 6.10. The van der Waals surface area contributed by atoms with Gasteiger partial charge in [0.1, 0.15) is 5.15 Å². The van der Waals surface area contributed by atoms with Gasteiger partial charge in [0.25, 0.3) is 0 Å². The lowest BCUT2D eigenvalue weighted by Crippen LogP contribution is -1.99. The quantitative estimate of drug-likeness (QED) is 0.615. The zero-order chi connectivity index (χ0) is 13.8. The van der Waals surface area contributed by atoms with Crippen molar-refractivity contribution in [1.29, 1.82) is 0 Å². The average molecular weight is 274 g/mol. The Morgan fingerprint density at radius 1 is 1.00 bits per heavy atom. The van der Waals surface area contributed by atoms with Crippen LogP contribution in [0.5, 0.6) is 0 Å². The van der Waals surface area contributed by atoms with Crippen LogP contribution < -0.4 is 0 Å². The van der Waals surface area contributed by atoms with E-state index in [1.165, 1.54) is 0 Å². The van der Waals surface area contributed by atoms with E-state index in [0.717, 1.165) is 22.4 Å². The van der Waals surface area contributed by atoms with Gasteiger partial charge in [-0.05, 0) is 25.1 Å². The lowest BCUT2D eigenvalue weighted by molar-refractivity contribution is 0.857. The first-order chi connectivity index (χ1) is 9.25. The van der Waals surface area contributed by atoms with Crippen LogP contribution >= 0.6 is 11.6 Å². The third-order valence-electron chi connectivity index (χ3n) is 2.69. The summed E-state index contributed by atoms with van der Waals surface area (Å²) in [6.07, 6.45) is 0. The van der Waals surface area contributed by atoms with E-state index in [4.69, 9.17) is 11.6 Å². The van der Waals surface area contributed by atoms with Crippen molar-refractivity contribution in [3.63, 3.8) is 0 Å². The van der Waals surface area contributed by atoms with E-state index in [1.54, 1.807) is 6.07 Å². The van der Waals surface area contributed by atoms with Crippen molar-refractivity contribution in [3.8, 4) is 5.82 Å². The van der Waals surface area contributed by atoms with Gasteiger partial charge >= 0.3 is 0 Å². The van der Waals surface area contributed by atoms with Crippen LogP contribution in [-0.4, -0.2) is 14.8 Å². The number of rotatable bonds is 1. The van der Waals surface area contributed by atoms with Gasteiger partial charge in [0, 0.05) is 5.39 Å². The zero-order valence-corrected chi connectivity index (χ0v) is 12.0. The molecule has 2 aromatic heterocycles. The molecule has 3 nitrogen and oxygen atoms in total. The maximum atomic E-state index is 5.90. The molecule has 0 saturated carbocycles. The third kappa shape index (κ3) is 2.61. The SMILES string of the molecule is CC.Cc1nn(-c2cccc(Cl)n2)c2ccccc12.